The Kier molecular flexibility index (Phi) is 5.63. The highest BCUT2D eigenvalue weighted by Gasteiger charge is 2.37. The third-order valence-electron chi connectivity index (χ3n) is 5.90. The highest BCUT2D eigenvalue weighted by atomic mass is 32.2. The number of ether oxygens (including phenoxy) is 3. The molecule has 33 heavy (non-hydrogen) atoms. The van der Waals surface area contributed by atoms with Gasteiger partial charge in [0.1, 0.15) is 6.54 Å². The second kappa shape index (κ2) is 8.60. The predicted octanol–water partition coefficient (Wildman–Crippen LogP) is 2.72. The fourth-order valence-corrected chi connectivity index (χ4v) is 5.01. The Hall–Kier alpha value is -3.24. The topological polar surface area (TPSA) is 90.3 Å². The smallest absolute Gasteiger partial charge is 0.294 e. The molecule has 9 nitrogen and oxygen atoms in total. The van der Waals surface area contributed by atoms with E-state index in [0.717, 1.165) is 39.3 Å². The van der Waals surface area contributed by atoms with Crippen LogP contribution in [0.3, 0.4) is 0 Å². The van der Waals surface area contributed by atoms with Gasteiger partial charge in [-0.15, -0.1) is 0 Å². The second-order valence-electron chi connectivity index (χ2n) is 7.96. The molecule has 0 spiro atoms. The van der Waals surface area contributed by atoms with E-state index in [2.05, 4.69) is 4.57 Å². The van der Waals surface area contributed by atoms with Crippen LogP contribution in [0, 0.1) is 13.8 Å². The van der Waals surface area contributed by atoms with Gasteiger partial charge in [0.05, 0.1) is 18.1 Å². The fourth-order valence-electron chi connectivity index (χ4n) is 4.18. The van der Waals surface area contributed by atoms with Crippen molar-refractivity contribution in [1.29, 1.82) is 0 Å². The van der Waals surface area contributed by atoms with Gasteiger partial charge in [-0.25, -0.2) is 0 Å². The van der Waals surface area contributed by atoms with E-state index in [1.807, 2.05) is 38.1 Å². The van der Waals surface area contributed by atoms with Gasteiger partial charge in [-0.1, -0.05) is 0 Å². The third-order valence-corrected chi connectivity index (χ3v) is 6.81. The number of imide groups is 1. The molecule has 2 fully saturated rings. The minimum Gasteiger partial charge on any atom is -0.454 e. The Morgan fingerprint density at radius 2 is 1.85 bits per heavy atom. The van der Waals surface area contributed by atoms with E-state index >= 15 is 0 Å². The van der Waals surface area contributed by atoms with Crippen LogP contribution >= 0.6 is 11.8 Å². The molecule has 1 aromatic heterocycles. The first-order valence-corrected chi connectivity index (χ1v) is 11.4. The predicted molar refractivity (Wildman–Crippen MR) is 121 cm³/mol. The second-order valence-corrected chi connectivity index (χ2v) is 8.95. The molecule has 0 unspecified atom stereocenters. The van der Waals surface area contributed by atoms with E-state index in [1.54, 1.807) is 11.0 Å². The molecule has 4 heterocycles. The maximum Gasteiger partial charge on any atom is 0.294 e. The number of morpholine rings is 1. The van der Waals surface area contributed by atoms with Crippen LogP contribution in [0.4, 0.5) is 4.79 Å². The molecule has 10 heteroatoms. The van der Waals surface area contributed by atoms with Crippen LogP contribution in [0.15, 0.2) is 29.2 Å². The van der Waals surface area contributed by atoms with Gasteiger partial charge in [0.15, 0.2) is 11.5 Å². The van der Waals surface area contributed by atoms with Crippen molar-refractivity contribution in [3.05, 3.63) is 46.1 Å². The van der Waals surface area contributed by atoms with Crippen molar-refractivity contribution in [2.45, 2.75) is 13.8 Å². The van der Waals surface area contributed by atoms with E-state index in [0.29, 0.717) is 42.7 Å². The molecule has 5 rings (SSSR count). The molecule has 172 valence electrons. The lowest BCUT2D eigenvalue weighted by atomic mass is 10.2. The van der Waals surface area contributed by atoms with Crippen molar-refractivity contribution >= 4 is 34.9 Å². The van der Waals surface area contributed by atoms with Gasteiger partial charge in [-0.05, 0) is 55.4 Å². The number of aromatic nitrogens is 1. The first-order chi connectivity index (χ1) is 15.9. The average Bonchev–Trinajstić information content (AvgIpc) is 3.46. The first kappa shape index (κ1) is 21.6. The van der Waals surface area contributed by atoms with E-state index in [-0.39, 0.29) is 19.2 Å². The zero-order chi connectivity index (χ0) is 23.1. The summed E-state index contributed by atoms with van der Waals surface area (Å²) in [6.45, 7) is 5.75. The zero-order valence-electron chi connectivity index (χ0n) is 18.3. The normalized spacial score (nSPS) is 19.2. The maximum absolute atomic E-state index is 12.9. The number of rotatable bonds is 4. The molecule has 1 aromatic carbocycles. The fraction of sp³-hybridized carbons (Fsp3) is 0.348. The zero-order valence-corrected chi connectivity index (χ0v) is 19.1. The molecule has 2 aromatic rings. The summed E-state index contributed by atoms with van der Waals surface area (Å²) in [4.78, 5) is 40.9. The highest BCUT2D eigenvalue weighted by molar-refractivity contribution is 8.18. The van der Waals surface area contributed by atoms with Crippen LogP contribution in [0.2, 0.25) is 0 Å². The number of carbonyl (C=O) groups excluding carboxylic acids is 3. The largest absolute Gasteiger partial charge is 0.454 e. The number of nitrogens with zero attached hydrogens (tertiary/aromatic N) is 3. The number of hydrogen-bond acceptors (Lipinski definition) is 7. The molecule has 3 aliphatic rings. The van der Waals surface area contributed by atoms with Gasteiger partial charge in [0.25, 0.3) is 11.1 Å². The molecule has 0 N–H and O–H groups in total. The number of amides is 3. The van der Waals surface area contributed by atoms with Gasteiger partial charge in [0, 0.05) is 36.2 Å². The van der Waals surface area contributed by atoms with Crippen molar-refractivity contribution in [3.8, 4) is 17.2 Å². The monoisotopic (exact) mass is 469 g/mol. The quantitative estimate of drug-likeness (QED) is 0.636. The minimum absolute atomic E-state index is 0.206. The average molecular weight is 470 g/mol. The maximum atomic E-state index is 12.9. The Balaban J connectivity index is 1.37. The number of benzene rings is 1. The molecule has 0 atom stereocenters. The molecule has 3 aliphatic heterocycles. The number of carbonyl (C=O) groups is 3. The highest BCUT2D eigenvalue weighted by Crippen LogP contribution is 2.36. The van der Waals surface area contributed by atoms with Crippen LogP contribution < -0.4 is 9.47 Å². The lowest BCUT2D eigenvalue weighted by molar-refractivity contribution is -0.139. The molecule has 0 aliphatic carbocycles. The molecule has 0 radical (unpaired) electrons. The Labute approximate surface area is 194 Å². The molecule has 3 amide bonds. The SMILES string of the molecule is Cc1cc(/C=C2/SC(=O)N(CC(=O)N3CCOCC3)C2=O)c(C)n1-c1ccc2c(c1)OCO2. The van der Waals surface area contributed by atoms with Gasteiger partial charge >= 0.3 is 0 Å². The summed E-state index contributed by atoms with van der Waals surface area (Å²) < 4.78 is 18.2. The van der Waals surface area contributed by atoms with Crippen LogP contribution in [0.1, 0.15) is 17.0 Å². The van der Waals surface area contributed by atoms with Crippen molar-refractivity contribution < 1.29 is 28.6 Å². The van der Waals surface area contributed by atoms with Gasteiger partial charge in [-0.2, -0.15) is 0 Å². The molecule has 0 saturated carbocycles. The van der Waals surface area contributed by atoms with E-state index < -0.39 is 11.1 Å². The lowest BCUT2D eigenvalue weighted by Crippen LogP contribution is -2.46. The van der Waals surface area contributed by atoms with Gasteiger partial charge in [-0.3, -0.25) is 19.3 Å². The summed E-state index contributed by atoms with van der Waals surface area (Å²) in [5.41, 5.74) is 3.63. The van der Waals surface area contributed by atoms with Crippen molar-refractivity contribution in [3.63, 3.8) is 0 Å². The Morgan fingerprint density at radius 3 is 2.64 bits per heavy atom. The molecular weight excluding hydrogens is 446 g/mol. The Bertz CT molecular complexity index is 1180. The summed E-state index contributed by atoms with van der Waals surface area (Å²) in [7, 11) is 0. The first-order valence-electron chi connectivity index (χ1n) is 10.6. The molecule has 2 saturated heterocycles. The summed E-state index contributed by atoms with van der Waals surface area (Å²) in [5.74, 6) is 0.705. The van der Waals surface area contributed by atoms with E-state index in [9.17, 15) is 14.4 Å². The van der Waals surface area contributed by atoms with Gasteiger partial charge in [0.2, 0.25) is 12.7 Å². The van der Waals surface area contributed by atoms with E-state index in [1.165, 1.54) is 0 Å². The number of fused-ring (bicyclic) bond motifs is 1. The standard InChI is InChI=1S/C23H23N3O6S/c1-14-9-16(15(2)26(14)17-3-4-18-19(11-17)32-13-31-18)10-20-22(28)25(23(29)33-20)12-21(27)24-5-7-30-8-6-24/h3-4,9-11H,5-8,12-13H2,1-2H3/b20-10+. The third kappa shape index (κ3) is 4.00. The summed E-state index contributed by atoms with van der Waals surface area (Å²) in [6, 6.07) is 7.69. The van der Waals surface area contributed by atoms with Crippen molar-refractivity contribution in [2.75, 3.05) is 39.6 Å². The number of aryl methyl sites for hydroxylation is 1. The minimum atomic E-state index is -0.445. The molecular formula is C23H23N3O6S. The van der Waals surface area contributed by atoms with Crippen LogP contribution in [0.5, 0.6) is 11.5 Å². The van der Waals surface area contributed by atoms with Crippen LogP contribution in [-0.2, 0) is 14.3 Å². The van der Waals surface area contributed by atoms with E-state index in [4.69, 9.17) is 14.2 Å². The van der Waals surface area contributed by atoms with Crippen LogP contribution in [-0.4, -0.2) is 71.1 Å². The lowest BCUT2D eigenvalue weighted by Gasteiger charge is -2.28. The number of hydrogen-bond donors (Lipinski definition) is 0. The molecule has 0 bridgehead atoms. The Morgan fingerprint density at radius 1 is 1.09 bits per heavy atom. The summed E-state index contributed by atoms with van der Waals surface area (Å²) >= 11 is 0.859. The van der Waals surface area contributed by atoms with Crippen LogP contribution in [0.25, 0.3) is 11.8 Å². The van der Waals surface area contributed by atoms with Crippen molar-refractivity contribution in [1.82, 2.24) is 14.4 Å². The summed E-state index contributed by atoms with van der Waals surface area (Å²) in [6.07, 6.45) is 1.72. The van der Waals surface area contributed by atoms with Gasteiger partial charge < -0.3 is 23.7 Å². The summed E-state index contributed by atoms with van der Waals surface area (Å²) in [5, 5.41) is -0.433. The number of thioether (sulfide) groups is 1. The van der Waals surface area contributed by atoms with Crippen molar-refractivity contribution in [2.24, 2.45) is 0 Å².